The summed E-state index contributed by atoms with van der Waals surface area (Å²) in [6.45, 7) is 6.46. The molecular formula is C25H32FN3O2. The maximum absolute atomic E-state index is 13.9. The first-order chi connectivity index (χ1) is 15.0. The third-order valence-corrected chi connectivity index (χ3v) is 6.35. The summed E-state index contributed by atoms with van der Waals surface area (Å²) in [6.07, 6.45) is 4.95. The van der Waals surface area contributed by atoms with Crippen LogP contribution in [0.4, 0.5) is 15.8 Å². The van der Waals surface area contributed by atoms with Crippen LogP contribution in [0.5, 0.6) is 0 Å². The van der Waals surface area contributed by atoms with Crippen LogP contribution in [-0.2, 0) is 11.2 Å². The molecule has 2 N–H and O–H groups in total. The molecule has 1 amide bonds. The molecule has 1 atom stereocenters. The van der Waals surface area contributed by atoms with Crippen molar-refractivity contribution in [2.45, 2.75) is 45.1 Å². The van der Waals surface area contributed by atoms with Crippen molar-refractivity contribution < 1.29 is 13.9 Å². The summed E-state index contributed by atoms with van der Waals surface area (Å²) in [6, 6.07) is 10.0. The van der Waals surface area contributed by atoms with Crippen LogP contribution >= 0.6 is 0 Å². The third kappa shape index (κ3) is 5.25. The van der Waals surface area contributed by atoms with Crippen LogP contribution in [0.1, 0.15) is 47.2 Å². The highest BCUT2D eigenvalue weighted by molar-refractivity contribution is 6.07. The first kappa shape index (κ1) is 21.8. The van der Waals surface area contributed by atoms with E-state index in [0.717, 1.165) is 36.2 Å². The summed E-state index contributed by atoms with van der Waals surface area (Å²) in [5.41, 5.74) is 9.57. The molecule has 1 saturated heterocycles. The molecule has 1 unspecified atom stereocenters. The number of carbonyl (C=O) groups is 1. The van der Waals surface area contributed by atoms with Crippen LogP contribution in [0.25, 0.3) is 0 Å². The van der Waals surface area contributed by atoms with E-state index >= 15 is 0 Å². The molecule has 2 aromatic carbocycles. The van der Waals surface area contributed by atoms with Gasteiger partial charge in [0.1, 0.15) is 5.82 Å². The second-order valence-electron chi connectivity index (χ2n) is 8.70. The zero-order valence-electron chi connectivity index (χ0n) is 18.3. The number of amides is 1. The molecule has 6 heteroatoms. The number of aryl methyl sites for hydroxylation is 2. The zero-order valence-corrected chi connectivity index (χ0v) is 18.3. The van der Waals surface area contributed by atoms with Gasteiger partial charge in [0.2, 0.25) is 0 Å². The van der Waals surface area contributed by atoms with Crippen LogP contribution in [0.3, 0.4) is 0 Å². The van der Waals surface area contributed by atoms with E-state index in [1.165, 1.54) is 32.0 Å². The van der Waals surface area contributed by atoms with Crippen LogP contribution in [0.15, 0.2) is 36.4 Å². The SMILES string of the molecule is Cc1cc(N)ccc1C(=O)N1CC(OCCCN2CCCC2)CCc2cc(F)ccc21. The van der Waals surface area contributed by atoms with Gasteiger partial charge >= 0.3 is 0 Å². The van der Waals surface area contributed by atoms with Gasteiger partial charge in [0.05, 0.1) is 12.6 Å². The number of rotatable bonds is 6. The summed E-state index contributed by atoms with van der Waals surface area (Å²) in [5, 5.41) is 0. The van der Waals surface area contributed by atoms with Gasteiger partial charge in [-0.1, -0.05) is 0 Å². The van der Waals surface area contributed by atoms with E-state index in [-0.39, 0.29) is 17.8 Å². The predicted octanol–water partition coefficient (Wildman–Crippen LogP) is 4.18. The van der Waals surface area contributed by atoms with Crippen molar-refractivity contribution in [3.63, 3.8) is 0 Å². The largest absolute Gasteiger partial charge is 0.399 e. The molecule has 4 rings (SSSR count). The van der Waals surface area contributed by atoms with E-state index in [4.69, 9.17) is 10.5 Å². The first-order valence-corrected chi connectivity index (χ1v) is 11.3. The van der Waals surface area contributed by atoms with Crippen LogP contribution in [-0.4, -0.2) is 49.7 Å². The monoisotopic (exact) mass is 425 g/mol. The van der Waals surface area contributed by atoms with Gasteiger partial charge in [0.15, 0.2) is 0 Å². The van der Waals surface area contributed by atoms with Gasteiger partial charge in [-0.3, -0.25) is 4.79 Å². The molecule has 2 aliphatic heterocycles. The molecular weight excluding hydrogens is 393 g/mol. The first-order valence-electron chi connectivity index (χ1n) is 11.3. The molecule has 1 fully saturated rings. The van der Waals surface area contributed by atoms with Crippen molar-refractivity contribution in [2.75, 3.05) is 43.4 Å². The maximum atomic E-state index is 13.9. The minimum absolute atomic E-state index is 0.0768. The molecule has 5 nitrogen and oxygen atoms in total. The molecule has 0 saturated carbocycles. The standard InChI is InChI=1S/C25H32FN3O2/c1-18-15-21(27)7-9-23(18)25(30)29-17-22(31-14-4-13-28-11-2-3-12-28)8-5-19-16-20(26)6-10-24(19)29/h6-7,9-10,15-16,22H,2-5,8,11-14,17,27H2,1H3. The second kappa shape index (κ2) is 9.79. The van der Waals surface area contributed by atoms with Gasteiger partial charge in [0.25, 0.3) is 5.91 Å². The van der Waals surface area contributed by atoms with Crippen molar-refractivity contribution in [1.82, 2.24) is 4.90 Å². The van der Waals surface area contributed by atoms with Crippen molar-refractivity contribution >= 4 is 17.3 Å². The Morgan fingerprint density at radius 2 is 2.00 bits per heavy atom. The van der Waals surface area contributed by atoms with Crippen molar-refractivity contribution in [1.29, 1.82) is 0 Å². The van der Waals surface area contributed by atoms with Gasteiger partial charge < -0.3 is 20.3 Å². The Hall–Kier alpha value is -2.44. The van der Waals surface area contributed by atoms with Crippen LogP contribution in [0.2, 0.25) is 0 Å². The smallest absolute Gasteiger partial charge is 0.258 e. The van der Waals surface area contributed by atoms with E-state index in [1.54, 1.807) is 29.2 Å². The van der Waals surface area contributed by atoms with Gasteiger partial charge in [0, 0.05) is 30.1 Å². The third-order valence-electron chi connectivity index (χ3n) is 6.35. The Bertz CT molecular complexity index is 927. The molecule has 2 aromatic rings. The number of nitrogens with zero attached hydrogens (tertiary/aromatic N) is 2. The summed E-state index contributed by atoms with van der Waals surface area (Å²) in [5.74, 6) is -0.377. The number of nitrogen functional groups attached to an aromatic ring is 1. The average molecular weight is 426 g/mol. The number of likely N-dealkylation sites (tertiary alicyclic amines) is 1. The number of ether oxygens (including phenoxy) is 1. The highest BCUT2D eigenvalue weighted by atomic mass is 19.1. The average Bonchev–Trinajstić information content (AvgIpc) is 3.19. The Balaban J connectivity index is 1.49. The number of hydrogen-bond acceptors (Lipinski definition) is 4. The quantitative estimate of drug-likeness (QED) is 0.557. The van der Waals surface area contributed by atoms with E-state index in [9.17, 15) is 9.18 Å². The van der Waals surface area contributed by atoms with Gasteiger partial charge in [-0.05, 0) is 99.6 Å². The molecule has 166 valence electrons. The lowest BCUT2D eigenvalue weighted by atomic mass is 10.0. The molecule has 0 aromatic heterocycles. The van der Waals surface area contributed by atoms with E-state index < -0.39 is 0 Å². The van der Waals surface area contributed by atoms with Crippen LogP contribution < -0.4 is 10.6 Å². The maximum Gasteiger partial charge on any atom is 0.258 e. The zero-order chi connectivity index (χ0) is 21.8. The van der Waals surface area contributed by atoms with Crippen molar-refractivity contribution in [3.8, 4) is 0 Å². The Morgan fingerprint density at radius 3 is 2.77 bits per heavy atom. The highest BCUT2D eigenvalue weighted by Crippen LogP contribution is 2.30. The normalized spacial score (nSPS) is 19.3. The molecule has 0 aliphatic carbocycles. The summed E-state index contributed by atoms with van der Waals surface area (Å²) >= 11 is 0. The minimum atomic E-state index is -0.278. The predicted molar refractivity (Wildman–Crippen MR) is 122 cm³/mol. The fraction of sp³-hybridized carbons (Fsp3) is 0.480. The number of fused-ring (bicyclic) bond motifs is 1. The Kier molecular flexibility index (Phi) is 6.88. The molecule has 2 heterocycles. The summed E-state index contributed by atoms with van der Waals surface area (Å²) < 4.78 is 20.1. The minimum Gasteiger partial charge on any atom is -0.399 e. The fourth-order valence-electron chi connectivity index (χ4n) is 4.67. The van der Waals surface area contributed by atoms with E-state index in [2.05, 4.69) is 4.90 Å². The van der Waals surface area contributed by atoms with Crippen molar-refractivity contribution in [2.24, 2.45) is 0 Å². The van der Waals surface area contributed by atoms with Crippen LogP contribution in [0, 0.1) is 12.7 Å². The second-order valence-corrected chi connectivity index (χ2v) is 8.70. The molecule has 0 bridgehead atoms. The molecule has 0 radical (unpaired) electrons. The molecule has 0 spiro atoms. The Labute approximate surface area is 184 Å². The lowest BCUT2D eigenvalue weighted by molar-refractivity contribution is 0.0470. The van der Waals surface area contributed by atoms with Gasteiger partial charge in [-0.15, -0.1) is 0 Å². The van der Waals surface area contributed by atoms with Gasteiger partial charge in [-0.2, -0.15) is 0 Å². The van der Waals surface area contributed by atoms with E-state index in [0.29, 0.717) is 30.8 Å². The highest BCUT2D eigenvalue weighted by Gasteiger charge is 2.28. The van der Waals surface area contributed by atoms with Crippen molar-refractivity contribution in [3.05, 3.63) is 58.9 Å². The lowest BCUT2D eigenvalue weighted by Crippen LogP contribution is -2.38. The number of anilines is 2. The number of nitrogens with two attached hydrogens (primary N) is 1. The lowest BCUT2D eigenvalue weighted by Gasteiger charge is -2.27. The van der Waals surface area contributed by atoms with Gasteiger partial charge in [-0.25, -0.2) is 4.39 Å². The topological polar surface area (TPSA) is 58.8 Å². The number of benzene rings is 2. The summed E-state index contributed by atoms with van der Waals surface area (Å²) in [4.78, 5) is 17.7. The number of halogens is 1. The Morgan fingerprint density at radius 1 is 1.19 bits per heavy atom. The summed E-state index contributed by atoms with van der Waals surface area (Å²) in [7, 11) is 0. The number of carbonyl (C=O) groups excluding carboxylic acids is 1. The molecule has 31 heavy (non-hydrogen) atoms. The number of hydrogen-bond donors (Lipinski definition) is 1. The fourth-order valence-corrected chi connectivity index (χ4v) is 4.67. The molecule has 2 aliphatic rings. The van der Waals surface area contributed by atoms with E-state index in [1.807, 2.05) is 13.0 Å².